The van der Waals surface area contributed by atoms with Crippen LogP contribution in [0.1, 0.15) is 49.5 Å². The summed E-state index contributed by atoms with van der Waals surface area (Å²) in [7, 11) is 0. The Morgan fingerprint density at radius 2 is 1.68 bits per heavy atom. The van der Waals surface area contributed by atoms with Gasteiger partial charge in [-0.1, -0.05) is 43.7 Å². The molecule has 0 aliphatic heterocycles. The molecule has 0 radical (unpaired) electrons. The maximum Gasteiger partial charge on any atom is 0.416 e. The van der Waals surface area contributed by atoms with Gasteiger partial charge in [-0.2, -0.15) is 13.2 Å². The van der Waals surface area contributed by atoms with Crippen molar-refractivity contribution in [2.45, 2.75) is 45.8 Å². The standard InChI is InChI=1S/C27H29F3N2O2/c1-4-5-16-34-21-14-15-24(25(17-21)31-18(2)3)32-26(33)23-9-7-6-8-22(23)19-10-12-20(13-11-19)27(28,29)30/h6-15,17-18,31H,4-5,16H2,1-3H3,(H,32,33). The summed E-state index contributed by atoms with van der Waals surface area (Å²) in [4.78, 5) is 13.2. The summed E-state index contributed by atoms with van der Waals surface area (Å²) in [6.07, 6.45) is -2.43. The summed E-state index contributed by atoms with van der Waals surface area (Å²) in [5.74, 6) is 0.349. The number of rotatable bonds is 9. The van der Waals surface area contributed by atoms with Crippen LogP contribution < -0.4 is 15.4 Å². The molecule has 0 saturated heterocycles. The largest absolute Gasteiger partial charge is 0.494 e. The molecule has 0 aliphatic carbocycles. The first-order chi connectivity index (χ1) is 16.2. The van der Waals surface area contributed by atoms with E-state index in [-0.39, 0.29) is 11.9 Å². The summed E-state index contributed by atoms with van der Waals surface area (Å²) in [5.41, 5.74) is 2.02. The van der Waals surface area contributed by atoms with Gasteiger partial charge < -0.3 is 15.4 Å². The Morgan fingerprint density at radius 1 is 0.971 bits per heavy atom. The van der Waals surface area contributed by atoms with Crippen LogP contribution in [0.2, 0.25) is 0 Å². The molecule has 34 heavy (non-hydrogen) atoms. The zero-order valence-electron chi connectivity index (χ0n) is 19.5. The molecule has 0 aliphatic rings. The van der Waals surface area contributed by atoms with Crippen molar-refractivity contribution in [3.63, 3.8) is 0 Å². The summed E-state index contributed by atoms with van der Waals surface area (Å²) in [6, 6.07) is 17.2. The van der Waals surface area contributed by atoms with E-state index in [1.54, 1.807) is 36.4 Å². The monoisotopic (exact) mass is 470 g/mol. The lowest BCUT2D eigenvalue weighted by molar-refractivity contribution is -0.137. The highest BCUT2D eigenvalue weighted by molar-refractivity contribution is 6.10. The Kier molecular flexibility index (Phi) is 8.21. The molecule has 4 nitrogen and oxygen atoms in total. The molecule has 7 heteroatoms. The number of amides is 1. The van der Waals surface area contributed by atoms with Crippen LogP contribution in [0, 0.1) is 0 Å². The first-order valence-electron chi connectivity index (χ1n) is 11.3. The number of alkyl halides is 3. The molecule has 3 rings (SSSR count). The molecule has 0 fully saturated rings. The van der Waals surface area contributed by atoms with Gasteiger partial charge in [-0.25, -0.2) is 0 Å². The van der Waals surface area contributed by atoms with Crippen molar-refractivity contribution in [2.24, 2.45) is 0 Å². The van der Waals surface area contributed by atoms with Crippen molar-refractivity contribution in [2.75, 3.05) is 17.2 Å². The van der Waals surface area contributed by atoms with Crippen LogP contribution >= 0.6 is 0 Å². The SMILES string of the molecule is CCCCOc1ccc(NC(=O)c2ccccc2-c2ccc(C(F)(F)F)cc2)c(NC(C)C)c1. The fourth-order valence-corrected chi connectivity index (χ4v) is 3.45. The van der Waals surface area contributed by atoms with Gasteiger partial charge in [-0.3, -0.25) is 4.79 Å². The highest BCUT2D eigenvalue weighted by atomic mass is 19.4. The number of anilines is 2. The Hall–Kier alpha value is -3.48. The minimum absolute atomic E-state index is 0.126. The van der Waals surface area contributed by atoms with Gasteiger partial charge >= 0.3 is 6.18 Å². The number of benzene rings is 3. The van der Waals surface area contributed by atoms with E-state index < -0.39 is 11.7 Å². The Labute approximate surface area is 198 Å². The van der Waals surface area contributed by atoms with Gasteiger partial charge in [0.15, 0.2) is 0 Å². The molecule has 3 aromatic carbocycles. The quantitative estimate of drug-likeness (QED) is 0.316. The zero-order valence-corrected chi connectivity index (χ0v) is 19.5. The third-order valence-electron chi connectivity index (χ3n) is 5.14. The Balaban J connectivity index is 1.87. The first-order valence-corrected chi connectivity index (χ1v) is 11.3. The highest BCUT2D eigenvalue weighted by Gasteiger charge is 2.30. The minimum atomic E-state index is -4.42. The van der Waals surface area contributed by atoms with Crippen molar-refractivity contribution >= 4 is 17.3 Å². The Morgan fingerprint density at radius 3 is 2.32 bits per heavy atom. The van der Waals surface area contributed by atoms with Gasteiger partial charge in [0.25, 0.3) is 5.91 Å². The molecule has 0 aromatic heterocycles. The number of carbonyl (C=O) groups excluding carboxylic acids is 1. The number of hydrogen-bond acceptors (Lipinski definition) is 3. The van der Waals surface area contributed by atoms with Crippen molar-refractivity contribution in [1.29, 1.82) is 0 Å². The van der Waals surface area contributed by atoms with E-state index in [9.17, 15) is 18.0 Å². The van der Waals surface area contributed by atoms with Gasteiger partial charge in [-0.05, 0) is 61.7 Å². The fraction of sp³-hybridized carbons (Fsp3) is 0.296. The molecule has 0 heterocycles. The summed E-state index contributed by atoms with van der Waals surface area (Å²) < 4.78 is 44.6. The van der Waals surface area contributed by atoms with E-state index in [0.29, 0.717) is 34.7 Å². The smallest absolute Gasteiger partial charge is 0.416 e. The number of unbranched alkanes of at least 4 members (excludes halogenated alkanes) is 1. The van der Waals surface area contributed by atoms with E-state index in [0.717, 1.165) is 30.7 Å². The lowest BCUT2D eigenvalue weighted by Crippen LogP contribution is -2.17. The predicted octanol–water partition coefficient (Wildman–Crippen LogP) is 7.62. The van der Waals surface area contributed by atoms with Crippen LogP contribution in [0.3, 0.4) is 0 Å². The second-order valence-electron chi connectivity index (χ2n) is 8.28. The predicted molar refractivity (Wildman–Crippen MR) is 130 cm³/mol. The van der Waals surface area contributed by atoms with Crippen LogP contribution in [-0.4, -0.2) is 18.6 Å². The van der Waals surface area contributed by atoms with Crippen LogP contribution in [-0.2, 0) is 6.18 Å². The second kappa shape index (κ2) is 11.1. The molecular formula is C27H29F3N2O2. The van der Waals surface area contributed by atoms with Crippen LogP contribution in [0.25, 0.3) is 11.1 Å². The number of halogens is 3. The molecule has 0 bridgehead atoms. The molecule has 0 unspecified atom stereocenters. The number of hydrogen-bond donors (Lipinski definition) is 2. The molecule has 180 valence electrons. The van der Waals surface area contributed by atoms with Crippen molar-refractivity contribution in [3.8, 4) is 16.9 Å². The lowest BCUT2D eigenvalue weighted by atomic mass is 9.98. The molecular weight excluding hydrogens is 441 g/mol. The van der Waals surface area contributed by atoms with Crippen molar-refractivity contribution in [1.82, 2.24) is 0 Å². The van der Waals surface area contributed by atoms with E-state index in [1.165, 1.54) is 12.1 Å². The summed E-state index contributed by atoms with van der Waals surface area (Å²) in [6.45, 7) is 6.70. The molecule has 3 aromatic rings. The van der Waals surface area contributed by atoms with Crippen LogP contribution in [0.15, 0.2) is 66.7 Å². The summed E-state index contributed by atoms with van der Waals surface area (Å²) in [5, 5.41) is 6.26. The van der Waals surface area contributed by atoms with Crippen molar-refractivity contribution in [3.05, 3.63) is 77.9 Å². The normalized spacial score (nSPS) is 11.4. The minimum Gasteiger partial charge on any atom is -0.494 e. The van der Waals surface area contributed by atoms with E-state index >= 15 is 0 Å². The highest BCUT2D eigenvalue weighted by Crippen LogP contribution is 2.33. The first kappa shape index (κ1) is 25.1. The second-order valence-corrected chi connectivity index (χ2v) is 8.28. The molecule has 2 N–H and O–H groups in total. The van der Waals surface area contributed by atoms with Gasteiger partial charge in [0.05, 0.1) is 23.5 Å². The zero-order chi connectivity index (χ0) is 24.7. The molecule has 1 amide bonds. The summed E-state index contributed by atoms with van der Waals surface area (Å²) >= 11 is 0. The van der Waals surface area contributed by atoms with Gasteiger partial charge in [0.1, 0.15) is 5.75 Å². The van der Waals surface area contributed by atoms with Gasteiger partial charge in [0.2, 0.25) is 0 Å². The van der Waals surface area contributed by atoms with Gasteiger partial charge in [-0.15, -0.1) is 0 Å². The lowest BCUT2D eigenvalue weighted by Gasteiger charge is -2.18. The van der Waals surface area contributed by atoms with E-state index in [2.05, 4.69) is 17.6 Å². The number of nitrogens with one attached hydrogen (secondary N) is 2. The topological polar surface area (TPSA) is 50.4 Å². The van der Waals surface area contributed by atoms with Crippen molar-refractivity contribution < 1.29 is 22.7 Å². The van der Waals surface area contributed by atoms with Gasteiger partial charge in [0, 0.05) is 17.7 Å². The average Bonchev–Trinajstić information content (AvgIpc) is 2.80. The maximum absolute atomic E-state index is 13.2. The third-order valence-corrected chi connectivity index (χ3v) is 5.14. The molecule has 0 spiro atoms. The van der Waals surface area contributed by atoms with E-state index in [4.69, 9.17) is 4.74 Å². The van der Waals surface area contributed by atoms with Crippen LogP contribution in [0.5, 0.6) is 5.75 Å². The van der Waals surface area contributed by atoms with Crippen LogP contribution in [0.4, 0.5) is 24.5 Å². The maximum atomic E-state index is 13.2. The number of carbonyl (C=O) groups is 1. The fourth-order valence-electron chi connectivity index (χ4n) is 3.45. The number of ether oxygens (including phenoxy) is 1. The Bertz CT molecular complexity index is 1110. The molecule has 0 saturated carbocycles. The molecule has 0 atom stereocenters. The average molecular weight is 471 g/mol. The third kappa shape index (κ3) is 6.53. The van der Waals surface area contributed by atoms with E-state index in [1.807, 2.05) is 19.9 Å².